The number of para-hydroxylation sites is 1. The van der Waals surface area contributed by atoms with E-state index in [0.29, 0.717) is 12.8 Å². The number of amides is 3. The number of nitrogens with two attached hydrogens (primary N) is 5. The van der Waals surface area contributed by atoms with E-state index in [1.165, 1.54) is 0 Å². The van der Waals surface area contributed by atoms with Crippen molar-refractivity contribution in [1.82, 2.24) is 20.9 Å². The molecule has 16 heteroatoms. The highest BCUT2D eigenvalue weighted by Crippen LogP contribution is 2.19. The third kappa shape index (κ3) is 12.7. The predicted molar refractivity (Wildman–Crippen MR) is 173 cm³/mol. The lowest BCUT2D eigenvalue weighted by Gasteiger charge is -2.25. The van der Waals surface area contributed by atoms with Crippen LogP contribution < -0.4 is 44.6 Å². The third-order valence-electron chi connectivity index (χ3n) is 6.94. The van der Waals surface area contributed by atoms with Gasteiger partial charge in [0.05, 0.1) is 6.04 Å². The third-order valence-corrected chi connectivity index (χ3v) is 6.94. The van der Waals surface area contributed by atoms with Gasteiger partial charge in [-0.1, -0.05) is 32.0 Å². The summed E-state index contributed by atoms with van der Waals surface area (Å²) in [5.74, 6) is -3.31. The highest BCUT2D eigenvalue weighted by Gasteiger charge is 2.31. The van der Waals surface area contributed by atoms with Gasteiger partial charge in [0.25, 0.3) is 0 Å². The summed E-state index contributed by atoms with van der Waals surface area (Å²) >= 11 is 0. The number of carboxylic acid groups (broad SMARTS) is 1. The molecule has 0 saturated carbocycles. The molecule has 0 aliphatic carbocycles. The zero-order chi connectivity index (χ0) is 33.5. The average molecular weight is 630 g/mol. The van der Waals surface area contributed by atoms with Crippen LogP contribution >= 0.6 is 0 Å². The Balaban J connectivity index is 2.29. The Bertz CT molecular complexity index is 1350. The van der Waals surface area contributed by atoms with Gasteiger partial charge in [-0.05, 0) is 49.7 Å². The molecule has 1 aromatic carbocycles. The van der Waals surface area contributed by atoms with Crippen LogP contribution in [0.15, 0.2) is 40.4 Å². The number of hydrogen-bond acceptors (Lipinski definition) is 7. The number of H-pyrrole nitrogens is 1. The maximum absolute atomic E-state index is 13.7. The first-order valence-electron chi connectivity index (χ1n) is 14.8. The zero-order valence-electron chi connectivity index (χ0n) is 25.8. The van der Waals surface area contributed by atoms with Crippen molar-refractivity contribution >= 4 is 46.5 Å². The summed E-state index contributed by atoms with van der Waals surface area (Å²) in [6.07, 6.45) is 3.11. The number of rotatable bonds is 19. The van der Waals surface area contributed by atoms with Gasteiger partial charge in [0.1, 0.15) is 18.1 Å². The minimum absolute atomic E-state index is 0.0125. The van der Waals surface area contributed by atoms with Gasteiger partial charge in [-0.2, -0.15) is 0 Å². The lowest BCUT2D eigenvalue weighted by Crippen LogP contribution is -2.57. The topological polar surface area (TPSA) is 295 Å². The number of aromatic amines is 1. The number of carbonyl (C=O) groups is 4. The van der Waals surface area contributed by atoms with E-state index in [1.54, 1.807) is 6.20 Å². The minimum atomic E-state index is -1.19. The van der Waals surface area contributed by atoms with E-state index in [0.717, 1.165) is 16.5 Å². The second kappa shape index (κ2) is 18.1. The number of guanidine groups is 2. The highest BCUT2D eigenvalue weighted by atomic mass is 16.4. The van der Waals surface area contributed by atoms with Gasteiger partial charge in [0.2, 0.25) is 17.7 Å². The number of benzene rings is 1. The van der Waals surface area contributed by atoms with Crippen molar-refractivity contribution in [2.75, 3.05) is 13.1 Å². The number of aromatic nitrogens is 1. The summed E-state index contributed by atoms with van der Waals surface area (Å²) in [7, 11) is 0. The predicted octanol–water partition coefficient (Wildman–Crippen LogP) is -1.27. The summed E-state index contributed by atoms with van der Waals surface area (Å²) in [5.41, 5.74) is 29.1. The number of carboxylic acids is 1. The largest absolute Gasteiger partial charge is 0.480 e. The Hall–Kier alpha value is -4.86. The monoisotopic (exact) mass is 629 g/mol. The Morgan fingerprint density at radius 3 is 1.98 bits per heavy atom. The lowest BCUT2D eigenvalue weighted by molar-refractivity contribution is -0.142. The fourth-order valence-corrected chi connectivity index (χ4v) is 4.67. The number of hydrogen-bond donors (Lipinski definition) is 10. The molecule has 2 aromatic rings. The molecule has 16 nitrogen and oxygen atoms in total. The standard InChI is InChI=1S/C29H47N11O5/c1-16(2)13-23(27(44)45)40-26(43)22(14-17-15-37-20-9-4-3-7-18(17)20)39-25(42)21(10-6-12-36-29(33)34)38-24(41)19(30)8-5-11-35-28(31)32/h3-4,7,9,15-16,19,21-23,37H,5-6,8,10-14,30H2,1-2H3,(H,38,41)(H,39,42)(H,40,43)(H,44,45)(H4,31,32,35)(H4,33,34,36). The summed E-state index contributed by atoms with van der Waals surface area (Å²) in [5, 5.41) is 18.5. The van der Waals surface area contributed by atoms with Crippen molar-refractivity contribution in [1.29, 1.82) is 0 Å². The summed E-state index contributed by atoms with van der Waals surface area (Å²) in [6, 6.07) is 3.07. The van der Waals surface area contributed by atoms with E-state index in [1.807, 2.05) is 38.1 Å². The quantitative estimate of drug-likeness (QED) is 0.0499. The molecule has 2 rings (SSSR count). The van der Waals surface area contributed by atoms with Gasteiger partial charge in [0.15, 0.2) is 11.9 Å². The molecule has 0 aliphatic heterocycles. The molecule has 248 valence electrons. The van der Waals surface area contributed by atoms with Crippen LogP contribution in [0.4, 0.5) is 0 Å². The van der Waals surface area contributed by atoms with Crippen LogP contribution in [0, 0.1) is 5.92 Å². The number of aliphatic imine (C=N–C) groups is 2. The molecule has 0 aliphatic rings. The molecule has 4 atom stereocenters. The summed E-state index contributed by atoms with van der Waals surface area (Å²) in [4.78, 5) is 63.0. The molecule has 4 unspecified atom stereocenters. The Morgan fingerprint density at radius 1 is 0.822 bits per heavy atom. The van der Waals surface area contributed by atoms with Gasteiger partial charge in [0, 0.05) is 36.6 Å². The van der Waals surface area contributed by atoms with Crippen LogP contribution in [0.3, 0.4) is 0 Å². The van der Waals surface area contributed by atoms with Crippen LogP contribution in [0.1, 0.15) is 51.5 Å². The molecule has 1 heterocycles. The van der Waals surface area contributed by atoms with Crippen LogP contribution in [-0.2, 0) is 25.6 Å². The number of aliphatic carboxylic acids is 1. The van der Waals surface area contributed by atoms with Crippen LogP contribution in [0.2, 0.25) is 0 Å². The zero-order valence-corrected chi connectivity index (χ0v) is 25.8. The van der Waals surface area contributed by atoms with E-state index in [9.17, 15) is 24.3 Å². The second-order valence-corrected chi connectivity index (χ2v) is 11.2. The average Bonchev–Trinajstić information content (AvgIpc) is 3.37. The molecule has 3 amide bonds. The van der Waals surface area contributed by atoms with E-state index < -0.39 is 47.9 Å². The van der Waals surface area contributed by atoms with Crippen molar-refractivity contribution in [3.63, 3.8) is 0 Å². The molecular weight excluding hydrogens is 582 g/mol. The highest BCUT2D eigenvalue weighted by molar-refractivity contribution is 5.95. The molecule has 0 saturated heterocycles. The van der Waals surface area contributed by atoms with Crippen molar-refractivity contribution in [3.05, 3.63) is 36.0 Å². The molecule has 0 bridgehead atoms. The maximum Gasteiger partial charge on any atom is 0.326 e. The Morgan fingerprint density at radius 2 is 1.38 bits per heavy atom. The van der Waals surface area contributed by atoms with Gasteiger partial charge in [-0.15, -0.1) is 0 Å². The van der Waals surface area contributed by atoms with Gasteiger partial charge in [-0.25, -0.2) is 4.79 Å². The number of nitrogens with zero attached hydrogens (tertiary/aromatic N) is 2. The molecule has 1 aromatic heterocycles. The van der Waals surface area contributed by atoms with E-state index >= 15 is 0 Å². The van der Waals surface area contributed by atoms with Crippen molar-refractivity contribution in [2.24, 2.45) is 44.6 Å². The number of carbonyl (C=O) groups excluding carboxylic acids is 3. The number of fused-ring (bicyclic) bond motifs is 1. The minimum Gasteiger partial charge on any atom is -0.480 e. The smallest absolute Gasteiger partial charge is 0.326 e. The van der Waals surface area contributed by atoms with Crippen LogP contribution in [0.25, 0.3) is 10.9 Å². The lowest BCUT2D eigenvalue weighted by atomic mass is 10.0. The van der Waals surface area contributed by atoms with Gasteiger partial charge in [-0.3, -0.25) is 24.4 Å². The van der Waals surface area contributed by atoms with Crippen molar-refractivity contribution in [2.45, 2.75) is 76.5 Å². The van der Waals surface area contributed by atoms with Gasteiger partial charge < -0.3 is 54.7 Å². The number of nitrogens with one attached hydrogen (secondary N) is 4. The molecule has 15 N–H and O–H groups in total. The Kier molecular flexibility index (Phi) is 14.6. The van der Waals surface area contributed by atoms with Crippen LogP contribution in [0.5, 0.6) is 0 Å². The fourth-order valence-electron chi connectivity index (χ4n) is 4.67. The second-order valence-electron chi connectivity index (χ2n) is 11.2. The molecule has 45 heavy (non-hydrogen) atoms. The molecule has 0 spiro atoms. The van der Waals surface area contributed by atoms with Gasteiger partial charge >= 0.3 is 5.97 Å². The summed E-state index contributed by atoms with van der Waals surface area (Å²) < 4.78 is 0. The van der Waals surface area contributed by atoms with E-state index in [-0.39, 0.29) is 56.6 Å². The van der Waals surface area contributed by atoms with Crippen molar-refractivity contribution < 1.29 is 24.3 Å². The van der Waals surface area contributed by atoms with E-state index in [4.69, 9.17) is 28.7 Å². The summed E-state index contributed by atoms with van der Waals surface area (Å²) in [6.45, 7) is 4.16. The van der Waals surface area contributed by atoms with E-state index in [2.05, 4.69) is 30.9 Å². The first-order valence-corrected chi connectivity index (χ1v) is 14.8. The van der Waals surface area contributed by atoms with Crippen molar-refractivity contribution in [3.8, 4) is 0 Å². The molecule has 0 radical (unpaired) electrons. The first kappa shape index (κ1) is 36.3. The normalized spacial score (nSPS) is 13.7. The van der Waals surface area contributed by atoms with Crippen LogP contribution in [-0.4, -0.2) is 83.0 Å². The first-order chi connectivity index (χ1) is 21.3. The maximum atomic E-state index is 13.7. The Labute approximate surface area is 262 Å². The SMILES string of the molecule is CC(C)CC(NC(=O)C(Cc1c[nH]c2ccccc12)NC(=O)C(CCCN=C(N)N)NC(=O)C(N)CCCN=C(N)N)C(=O)O. The molecular formula is C29H47N11O5. The molecule has 0 fully saturated rings. The fraction of sp³-hybridized carbons (Fsp3) is 0.517.